The lowest BCUT2D eigenvalue weighted by atomic mass is 10.0. The van der Waals surface area contributed by atoms with Gasteiger partial charge in [-0.3, -0.25) is 9.69 Å². The number of imidazole rings is 1. The summed E-state index contributed by atoms with van der Waals surface area (Å²) in [7, 11) is 3.92. The fourth-order valence-electron chi connectivity index (χ4n) is 4.58. The number of carbonyl (C=O) groups is 1. The van der Waals surface area contributed by atoms with E-state index in [4.69, 9.17) is 9.72 Å². The van der Waals surface area contributed by atoms with Gasteiger partial charge in [-0.05, 0) is 19.1 Å². The van der Waals surface area contributed by atoms with Gasteiger partial charge in [0.15, 0.2) is 6.10 Å². The van der Waals surface area contributed by atoms with Gasteiger partial charge in [0.2, 0.25) is 5.88 Å². The number of aryl methyl sites for hydroxylation is 2. The van der Waals surface area contributed by atoms with Gasteiger partial charge in [-0.1, -0.05) is 12.1 Å². The number of rotatable bonds is 4. The van der Waals surface area contributed by atoms with Crippen LogP contribution in [-0.2, 0) is 18.4 Å². The first kappa shape index (κ1) is 18.1. The van der Waals surface area contributed by atoms with Crippen molar-refractivity contribution in [3.63, 3.8) is 0 Å². The number of ether oxygens (including phenoxy) is 1. The molecule has 0 N–H and O–H groups in total. The minimum Gasteiger partial charge on any atom is -0.464 e. The number of fused-ring (bicyclic) bond motifs is 2. The van der Waals surface area contributed by atoms with Crippen LogP contribution >= 0.6 is 0 Å². The molecule has 8 heteroatoms. The predicted octanol–water partition coefficient (Wildman–Crippen LogP) is 1.39. The molecule has 2 fully saturated rings. The van der Waals surface area contributed by atoms with Crippen molar-refractivity contribution < 1.29 is 9.53 Å². The highest BCUT2D eigenvalue weighted by atomic mass is 16.5. The smallest absolute Gasteiger partial charge is 0.264 e. The van der Waals surface area contributed by atoms with Crippen LogP contribution in [-0.4, -0.2) is 67.5 Å². The highest BCUT2D eigenvalue weighted by Gasteiger charge is 2.52. The molecule has 8 nitrogen and oxygen atoms in total. The molecular formula is C21H24N6O2. The van der Waals surface area contributed by atoms with E-state index in [0.717, 1.165) is 36.5 Å². The Morgan fingerprint density at radius 3 is 2.76 bits per heavy atom. The summed E-state index contributed by atoms with van der Waals surface area (Å²) in [6, 6.07) is 10.0. The first-order valence-electron chi connectivity index (χ1n) is 9.87. The van der Waals surface area contributed by atoms with Crippen LogP contribution in [0.25, 0.3) is 11.0 Å². The van der Waals surface area contributed by atoms with Crippen LogP contribution in [0.1, 0.15) is 11.6 Å². The van der Waals surface area contributed by atoms with E-state index in [-0.39, 0.29) is 17.9 Å². The summed E-state index contributed by atoms with van der Waals surface area (Å²) in [5.74, 6) is 2.26. The largest absolute Gasteiger partial charge is 0.464 e. The van der Waals surface area contributed by atoms with Crippen LogP contribution in [0.3, 0.4) is 0 Å². The Bertz CT molecular complexity index is 1080. The number of amides is 1. The van der Waals surface area contributed by atoms with Crippen LogP contribution in [0.5, 0.6) is 5.88 Å². The van der Waals surface area contributed by atoms with Crippen LogP contribution < -0.4 is 4.74 Å². The maximum absolute atomic E-state index is 12.8. The Kier molecular flexibility index (Phi) is 4.24. The second-order valence-electron chi connectivity index (χ2n) is 7.93. The van der Waals surface area contributed by atoms with Crippen LogP contribution in [0.4, 0.5) is 0 Å². The Balaban J connectivity index is 1.35. The topological polar surface area (TPSA) is 76.4 Å². The predicted molar refractivity (Wildman–Crippen MR) is 107 cm³/mol. The lowest BCUT2D eigenvalue weighted by molar-refractivity contribution is -0.134. The molecule has 2 aromatic heterocycles. The molecule has 3 atom stereocenters. The minimum absolute atomic E-state index is 0.0265. The molecule has 2 aliphatic rings. The highest BCUT2D eigenvalue weighted by molar-refractivity contribution is 5.84. The summed E-state index contributed by atoms with van der Waals surface area (Å²) in [6.45, 7) is 4.17. The van der Waals surface area contributed by atoms with Crippen molar-refractivity contribution in [1.82, 2.24) is 29.3 Å². The van der Waals surface area contributed by atoms with Gasteiger partial charge in [0.1, 0.15) is 11.6 Å². The Morgan fingerprint density at radius 1 is 1.14 bits per heavy atom. The quantitative estimate of drug-likeness (QED) is 0.668. The Hall–Kier alpha value is -3.00. The summed E-state index contributed by atoms with van der Waals surface area (Å²) in [4.78, 5) is 30.2. The minimum atomic E-state index is -0.509. The average Bonchev–Trinajstić information content (AvgIpc) is 3.32. The molecular weight excluding hydrogens is 368 g/mol. The van der Waals surface area contributed by atoms with E-state index in [1.807, 2.05) is 37.1 Å². The number of nitrogens with zero attached hydrogens (tertiary/aromatic N) is 6. The molecule has 1 amide bonds. The first-order chi connectivity index (χ1) is 14.0. The molecule has 2 saturated heterocycles. The number of aromatic nitrogens is 4. The van der Waals surface area contributed by atoms with E-state index >= 15 is 0 Å². The van der Waals surface area contributed by atoms with Crippen molar-refractivity contribution >= 4 is 16.9 Å². The van der Waals surface area contributed by atoms with E-state index in [2.05, 4.69) is 32.5 Å². The van der Waals surface area contributed by atoms with Crippen molar-refractivity contribution in [2.45, 2.75) is 25.6 Å². The maximum Gasteiger partial charge on any atom is 0.264 e. The van der Waals surface area contributed by atoms with Gasteiger partial charge in [-0.2, -0.15) is 4.98 Å². The van der Waals surface area contributed by atoms with Crippen molar-refractivity contribution in [3.05, 3.63) is 48.2 Å². The molecule has 0 bridgehead atoms. The second kappa shape index (κ2) is 6.81. The van der Waals surface area contributed by atoms with Gasteiger partial charge in [0, 0.05) is 45.4 Å². The Morgan fingerprint density at radius 2 is 1.97 bits per heavy atom. The average molecular weight is 392 g/mol. The molecule has 29 heavy (non-hydrogen) atoms. The molecule has 0 aliphatic carbocycles. The van der Waals surface area contributed by atoms with Gasteiger partial charge in [0.05, 0.1) is 23.6 Å². The van der Waals surface area contributed by atoms with E-state index < -0.39 is 6.10 Å². The van der Waals surface area contributed by atoms with Crippen LogP contribution in [0.2, 0.25) is 0 Å². The number of likely N-dealkylation sites (N-methyl/N-ethyl adjacent to an activating group) is 1. The third kappa shape index (κ3) is 3.04. The zero-order chi connectivity index (χ0) is 20.1. The number of benzene rings is 1. The fourth-order valence-corrected chi connectivity index (χ4v) is 4.58. The fraction of sp³-hybridized carbons (Fsp3) is 0.429. The van der Waals surface area contributed by atoms with Crippen molar-refractivity contribution in [1.29, 1.82) is 0 Å². The zero-order valence-electron chi connectivity index (χ0n) is 16.8. The summed E-state index contributed by atoms with van der Waals surface area (Å²) in [5.41, 5.74) is 2.14. The van der Waals surface area contributed by atoms with Gasteiger partial charge >= 0.3 is 0 Å². The number of likely N-dealkylation sites (tertiary alicyclic amines) is 2. The van der Waals surface area contributed by atoms with Gasteiger partial charge in [-0.25, -0.2) is 9.97 Å². The lowest BCUT2D eigenvalue weighted by Crippen LogP contribution is -2.38. The van der Waals surface area contributed by atoms with Crippen LogP contribution in [0, 0.1) is 12.8 Å². The molecule has 2 aliphatic heterocycles. The molecule has 5 rings (SSSR count). The summed E-state index contributed by atoms with van der Waals surface area (Å²) >= 11 is 0. The molecule has 0 spiro atoms. The van der Waals surface area contributed by atoms with E-state index in [9.17, 15) is 4.79 Å². The van der Waals surface area contributed by atoms with E-state index in [1.54, 1.807) is 12.3 Å². The molecule has 0 unspecified atom stereocenters. The number of hydrogen-bond donors (Lipinski definition) is 0. The summed E-state index contributed by atoms with van der Waals surface area (Å²) in [6.07, 6.45) is 1.15. The van der Waals surface area contributed by atoms with E-state index in [0.29, 0.717) is 11.7 Å². The molecule has 1 aromatic carbocycles. The van der Waals surface area contributed by atoms with Crippen molar-refractivity contribution in [3.8, 4) is 5.88 Å². The summed E-state index contributed by atoms with van der Waals surface area (Å²) < 4.78 is 8.18. The highest BCUT2D eigenvalue weighted by Crippen LogP contribution is 2.34. The molecule has 0 saturated carbocycles. The normalized spacial score (nSPS) is 24.4. The Labute approximate surface area is 169 Å². The number of hydrogen-bond acceptors (Lipinski definition) is 6. The van der Waals surface area contributed by atoms with Gasteiger partial charge in [0.25, 0.3) is 5.91 Å². The van der Waals surface area contributed by atoms with Crippen LogP contribution in [0.15, 0.2) is 36.5 Å². The maximum atomic E-state index is 12.8. The number of carbonyl (C=O) groups excluding carboxylic acids is 1. The first-order valence-corrected chi connectivity index (χ1v) is 9.87. The van der Waals surface area contributed by atoms with Crippen molar-refractivity contribution in [2.75, 3.05) is 20.1 Å². The number of para-hydroxylation sites is 2. The standard InChI is InChI=1S/C21H24N6O2/c1-13-22-9-8-19(23-13)29-20-14-10-27(11-17(14)26(3)21(20)28)12-18-24-15-6-4-5-7-16(15)25(18)2/h4-9,14,17,20H,10-12H2,1-3H3/t14-,17+,20-/m0/s1. The molecule has 3 aromatic rings. The van der Waals surface area contributed by atoms with Crippen molar-refractivity contribution in [2.24, 2.45) is 13.0 Å². The molecule has 150 valence electrons. The summed E-state index contributed by atoms with van der Waals surface area (Å²) in [5, 5.41) is 0. The van der Waals surface area contributed by atoms with E-state index in [1.165, 1.54) is 0 Å². The van der Waals surface area contributed by atoms with Gasteiger partial charge < -0.3 is 14.2 Å². The molecule has 4 heterocycles. The van der Waals surface area contributed by atoms with Gasteiger partial charge in [-0.15, -0.1) is 0 Å². The monoisotopic (exact) mass is 392 g/mol. The third-order valence-corrected chi connectivity index (χ3v) is 6.13. The zero-order valence-corrected chi connectivity index (χ0v) is 16.8. The third-order valence-electron chi connectivity index (χ3n) is 6.13. The molecule has 0 radical (unpaired) electrons. The lowest BCUT2D eigenvalue weighted by Gasteiger charge is -2.21. The SMILES string of the molecule is Cc1nccc(O[C@@H]2C(=O)N(C)[C@@H]3CN(Cc4nc5ccccc5n4C)C[C@H]23)n1. The second-order valence-corrected chi connectivity index (χ2v) is 7.93.